The highest BCUT2D eigenvalue weighted by atomic mass is 35.5. The highest BCUT2D eigenvalue weighted by Crippen LogP contribution is 2.15. The summed E-state index contributed by atoms with van der Waals surface area (Å²) in [6.45, 7) is 6.91. The van der Waals surface area contributed by atoms with Crippen molar-refractivity contribution in [2.75, 3.05) is 31.9 Å². The van der Waals surface area contributed by atoms with Crippen molar-refractivity contribution in [3.63, 3.8) is 0 Å². The molecule has 22 heavy (non-hydrogen) atoms. The van der Waals surface area contributed by atoms with Crippen LogP contribution in [0, 0.1) is 0 Å². The van der Waals surface area contributed by atoms with Gasteiger partial charge in [-0.1, -0.05) is 0 Å². The number of nitrogens with zero attached hydrogens (tertiary/aromatic N) is 2. The van der Waals surface area contributed by atoms with E-state index in [-0.39, 0.29) is 36.2 Å². The van der Waals surface area contributed by atoms with E-state index in [0.717, 1.165) is 19.4 Å². The SMILES string of the molecule is CC1NCCN(C(=O)CCCS(=O)(=O)N2CCCC2)C1C.Cl. The minimum atomic E-state index is -3.16. The molecule has 2 fully saturated rings. The number of halogens is 1. The van der Waals surface area contributed by atoms with E-state index in [2.05, 4.69) is 12.2 Å². The molecule has 2 rings (SSSR count). The zero-order chi connectivity index (χ0) is 15.5. The zero-order valence-corrected chi connectivity index (χ0v) is 15.1. The average molecular weight is 354 g/mol. The van der Waals surface area contributed by atoms with Crippen molar-refractivity contribution in [3.8, 4) is 0 Å². The molecule has 0 aliphatic carbocycles. The molecule has 2 atom stereocenters. The Morgan fingerprint density at radius 3 is 2.45 bits per heavy atom. The fourth-order valence-electron chi connectivity index (χ4n) is 3.05. The predicted octanol–water partition coefficient (Wildman–Crippen LogP) is 0.823. The molecule has 6 nitrogen and oxygen atoms in total. The second-order valence-electron chi connectivity index (χ2n) is 6.10. The quantitative estimate of drug-likeness (QED) is 0.794. The molecule has 0 radical (unpaired) electrons. The molecule has 0 bridgehead atoms. The van der Waals surface area contributed by atoms with E-state index >= 15 is 0 Å². The van der Waals surface area contributed by atoms with Gasteiger partial charge < -0.3 is 10.2 Å². The van der Waals surface area contributed by atoms with Crippen LogP contribution in [0.1, 0.15) is 39.5 Å². The van der Waals surface area contributed by atoms with Crippen LogP contribution >= 0.6 is 12.4 Å². The molecule has 2 heterocycles. The number of nitrogens with one attached hydrogen (secondary N) is 1. The second kappa shape index (κ2) is 8.47. The summed E-state index contributed by atoms with van der Waals surface area (Å²) < 4.78 is 25.8. The Kier molecular flexibility index (Phi) is 7.58. The van der Waals surface area contributed by atoms with E-state index in [1.54, 1.807) is 4.31 Å². The van der Waals surface area contributed by atoms with Crippen molar-refractivity contribution in [1.29, 1.82) is 0 Å². The van der Waals surface area contributed by atoms with Crippen molar-refractivity contribution < 1.29 is 13.2 Å². The van der Waals surface area contributed by atoms with Crippen molar-refractivity contribution in [1.82, 2.24) is 14.5 Å². The minimum absolute atomic E-state index is 0. The standard InChI is InChI=1S/C14H27N3O3S.ClH/c1-12-13(2)17(10-7-15-12)14(18)6-5-11-21(19,20)16-8-3-4-9-16;/h12-13,15H,3-11H2,1-2H3;1H. The fraction of sp³-hybridized carbons (Fsp3) is 0.929. The Hall–Kier alpha value is -0.370. The third-order valence-electron chi connectivity index (χ3n) is 4.61. The number of amides is 1. The summed E-state index contributed by atoms with van der Waals surface area (Å²) in [5.74, 6) is 0.168. The number of carbonyl (C=O) groups is 1. The first-order valence-corrected chi connectivity index (χ1v) is 9.53. The van der Waals surface area contributed by atoms with Gasteiger partial charge in [-0.15, -0.1) is 12.4 Å². The van der Waals surface area contributed by atoms with Gasteiger partial charge in [0.05, 0.1) is 5.75 Å². The summed E-state index contributed by atoms with van der Waals surface area (Å²) in [5, 5.41) is 3.34. The van der Waals surface area contributed by atoms with E-state index in [1.165, 1.54) is 0 Å². The smallest absolute Gasteiger partial charge is 0.222 e. The Balaban J connectivity index is 0.00000242. The third-order valence-corrected chi connectivity index (χ3v) is 6.56. The summed E-state index contributed by atoms with van der Waals surface area (Å²) >= 11 is 0. The van der Waals surface area contributed by atoms with Crippen LogP contribution in [0.5, 0.6) is 0 Å². The van der Waals surface area contributed by atoms with Gasteiger partial charge in [0.25, 0.3) is 0 Å². The molecular weight excluding hydrogens is 326 g/mol. The van der Waals surface area contributed by atoms with Crippen LogP contribution in [0.4, 0.5) is 0 Å². The monoisotopic (exact) mass is 353 g/mol. The van der Waals surface area contributed by atoms with Crippen molar-refractivity contribution >= 4 is 28.3 Å². The third kappa shape index (κ3) is 4.81. The van der Waals surface area contributed by atoms with E-state index in [4.69, 9.17) is 0 Å². The lowest BCUT2D eigenvalue weighted by Crippen LogP contribution is -2.57. The topological polar surface area (TPSA) is 69.7 Å². The van der Waals surface area contributed by atoms with E-state index in [0.29, 0.717) is 32.5 Å². The molecule has 2 saturated heterocycles. The van der Waals surface area contributed by atoms with Crippen LogP contribution in [0.3, 0.4) is 0 Å². The molecule has 1 N–H and O–H groups in total. The summed E-state index contributed by atoms with van der Waals surface area (Å²) in [5.41, 5.74) is 0. The number of carbonyl (C=O) groups excluding carboxylic acids is 1. The van der Waals surface area contributed by atoms with Crippen LogP contribution in [-0.4, -0.2) is 67.5 Å². The van der Waals surface area contributed by atoms with E-state index in [9.17, 15) is 13.2 Å². The summed E-state index contributed by atoms with van der Waals surface area (Å²) in [6, 6.07) is 0.456. The predicted molar refractivity (Wildman–Crippen MR) is 89.7 cm³/mol. The minimum Gasteiger partial charge on any atom is -0.337 e. The average Bonchev–Trinajstić information content (AvgIpc) is 2.96. The van der Waals surface area contributed by atoms with Gasteiger partial charge >= 0.3 is 0 Å². The molecule has 0 spiro atoms. The van der Waals surface area contributed by atoms with Gasteiger partial charge in [0.1, 0.15) is 0 Å². The molecule has 0 aromatic heterocycles. The maximum absolute atomic E-state index is 12.3. The summed E-state index contributed by atoms with van der Waals surface area (Å²) in [6.07, 6.45) is 2.65. The zero-order valence-electron chi connectivity index (χ0n) is 13.5. The Labute approximate surface area is 140 Å². The Morgan fingerprint density at radius 2 is 1.82 bits per heavy atom. The van der Waals surface area contributed by atoms with Crippen LogP contribution in [0.25, 0.3) is 0 Å². The highest BCUT2D eigenvalue weighted by Gasteiger charge is 2.29. The molecule has 2 aliphatic heterocycles. The lowest BCUT2D eigenvalue weighted by atomic mass is 10.1. The first-order valence-electron chi connectivity index (χ1n) is 7.92. The van der Waals surface area contributed by atoms with E-state index < -0.39 is 10.0 Å². The molecule has 0 aromatic carbocycles. The van der Waals surface area contributed by atoms with Gasteiger partial charge in [0, 0.05) is 44.7 Å². The van der Waals surface area contributed by atoms with Gasteiger partial charge in [0.15, 0.2) is 0 Å². The summed E-state index contributed by atoms with van der Waals surface area (Å²) in [4.78, 5) is 14.1. The molecule has 130 valence electrons. The lowest BCUT2D eigenvalue weighted by Gasteiger charge is -2.38. The van der Waals surface area contributed by atoms with Crippen LogP contribution < -0.4 is 5.32 Å². The maximum Gasteiger partial charge on any atom is 0.222 e. The van der Waals surface area contributed by atoms with Gasteiger partial charge in [-0.3, -0.25) is 4.79 Å². The van der Waals surface area contributed by atoms with Crippen molar-refractivity contribution in [3.05, 3.63) is 0 Å². The molecule has 2 unspecified atom stereocenters. The largest absolute Gasteiger partial charge is 0.337 e. The highest BCUT2D eigenvalue weighted by molar-refractivity contribution is 7.89. The molecule has 1 amide bonds. The normalized spacial score (nSPS) is 26.7. The first kappa shape index (κ1) is 19.7. The van der Waals surface area contributed by atoms with Crippen LogP contribution in [0.15, 0.2) is 0 Å². The molecule has 0 saturated carbocycles. The maximum atomic E-state index is 12.3. The van der Waals surface area contributed by atoms with Gasteiger partial charge in [-0.05, 0) is 33.1 Å². The van der Waals surface area contributed by atoms with Gasteiger partial charge in [0.2, 0.25) is 15.9 Å². The molecule has 2 aliphatic rings. The Morgan fingerprint density at radius 1 is 1.18 bits per heavy atom. The summed E-state index contributed by atoms with van der Waals surface area (Å²) in [7, 11) is -3.16. The number of hydrogen-bond donors (Lipinski definition) is 1. The van der Waals surface area contributed by atoms with Gasteiger partial charge in [-0.2, -0.15) is 0 Å². The van der Waals surface area contributed by atoms with E-state index in [1.807, 2.05) is 11.8 Å². The number of rotatable bonds is 5. The second-order valence-corrected chi connectivity index (χ2v) is 8.18. The molecular formula is C14H28ClN3O3S. The molecule has 8 heteroatoms. The fourth-order valence-corrected chi connectivity index (χ4v) is 4.64. The number of piperazine rings is 1. The van der Waals surface area contributed by atoms with Gasteiger partial charge in [-0.25, -0.2) is 12.7 Å². The first-order chi connectivity index (χ1) is 9.92. The van der Waals surface area contributed by atoms with Crippen LogP contribution in [0.2, 0.25) is 0 Å². The van der Waals surface area contributed by atoms with Crippen LogP contribution in [-0.2, 0) is 14.8 Å². The molecule has 0 aromatic rings. The lowest BCUT2D eigenvalue weighted by molar-refractivity contribution is -0.134. The van der Waals surface area contributed by atoms with Crippen molar-refractivity contribution in [2.24, 2.45) is 0 Å². The number of sulfonamides is 1. The Bertz CT molecular complexity index is 466. The number of hydrogen-bond acceptors (Lipinski definition) is 4. The van der Waals surface area contributed by atoms with Crippen molar-refractivity contribution in [2.45, 2.75) is 51.6 Å².